The van der Waals surface area contributed by atoms with Crippen LogP contribution in [0, 0.1) is 23.2 Å². The molecule has 0 aromatic rings. The van der Waals surface area contributed by atoms with Gasteiger partial charge >= 0.3 is 0 Å². The van der Waals surface area contributed by atoms with Gasteiger partial charge < -0.3 is 5.32 Å². The van der Waals surface area contributed by atoms with Crippen LogP contribution in [0.15, 0.2) is 0 Å². The quantitative estimate of drug-likeness (QED) is 0.576. The third kappa shape index (κ3) is 6.30. The Kier molecular flexibility index (Phi) is 8.31. The maximum absolute atomic E-state index is 3.67. The molecule has 2 atom stereocenters. The molecule has 0 spiro atoms. The molecular formula is C20H41N. The van der Waals surface area contributed by atoms with Gasteiger partial charge in [0.05, 0.1) is 0 Å². The lowest BCUT2D eigenvalue weighted by atomic mass is 9.68. The Morgan fingerprint density at radius 3 is 2.10 bits per heavy atom. The molecule has 2 unspecified atom stereocenters. The Labute approximate surface area is 134 Å². The van der Waals surface area contributed by atoms with Gasteiger partial charge in [0.2, 0.25) is 0 Å². The van der Waals surface area contributed by atoms with Crippen molar-refractivity contribution in [3.8, 4) is 0 Å². The minimum atomic E-state index is 0.507. The van der Waals surface area contributed by atoms with E-state index >= 15 is 0 Å². The molecule has 1 heteroatoms. The van der Waals surface area contributed by atoms with Crippen LogP contribution in [-0.4, -0.2) is 13.1 Å². The number of hydrogen-bond acceptors (Lipinski definition) is 1. The van der Waals surface area contributed by atoms with E-state index in [1.54, 1.807) is 0 Å². The van der Waals surface area contributed by atoms with E-state index in [1.807, 2.05) is 0 Å². The van der Waals surface area contributed by atoms with Crippen molar-refractivity contribution in [3.63, 3.8) is 0 Å². The molecule has 0 bridgehead atoms. The summed E-state index contributed by atoms with van der Waals surface area (Å²) in [5, 5.41) is 3.67. The van der Waals surface area contributed by atoms with E-state index in [0.29, 0.717) is 5.41 Å². The predicted octanol–water partition coefficient (Wildman–Crippen LogP) is 6.03. The van der Waals surface area contributed by atoms with Crippen LogP contribution in [0.2, 0.25) is 0 Å². The highest BCUT2D eigenvalue weighted by atomic mass is 14.9. The van der Waals surface area contributed by atoms with E-state index in [4.69, 9.17) is 0 Å². The Bertz CT molecular complexity index is 258. The summed E-state index contributed by atoms with van der Waals surface area (Å²) in [6.45, 7) is 12.0. The van der Waals surface area contributed by atoms with E-state index in [-0.39, 0.29) is 0 Å². The molecule has 0 aliphatic heterocycles. The van der Waals surface area contributed by atoms with Crippen molar-refractivity contribution in [1.82, 2.24) is 5.32 Å². The van der Waals surface area contributed by atoms with Gasteiger partial charge in [0.25, 0.3) is 0 Å². The van der Waals surface area contributed by atoms with Crippen molar-refractivity contribution >= 4 is 0 Å². The van der Waals surface area contributed by atoms with Gasteiger partial charge in [-0.1, -0.05) is 60.3 Å². The third-order valence-electron chi connectivity index (χ3n) is 6.07. The Balaban J connectivity index is 2.46. The molecule has 0 amide bonds. The minimum absolute atomic E-state index is 0.507. The standard InChI is InChI=1S/C20H41N/c1-7-9-10-16(8-2)15-19(21-6)17-11-13-18(14-12-17)20(3,4)5/h16-19,21H,7-15H2,1-6H3. The lowest BCUT2D eigenvalue weighted by molar-refractivity contribution is 0.126. The first-order chi connectivity index (χ1) is 9.92. The SMILES string of the molecule is CCCCC(CC)CC(NC)C1CCC(C(C)(C)C)CC1. The van der Waals surface area contributed by atoms with Crippen LogP contribution in [0.4, 0.5) is 0 Å². The fraction of sp³-hybridized carbons (Fsp3) is 1.00. The van der Waals surface area contributed by atoms with Crippen LogP contribution in [0.25, 0.3) is 0 Å². The van der Waals surface area contributed by atoms with Crippen molar-refractivity contribution in [2.75, 3.05) is 7.05 Å². The van der Waals surface area contributed by atoms with Gasteiger partial charge in [-0.05, 0) is 62.3 Å². The first-order valence-electron chi connectivity index (χ1n) is 9.59. The summed E-state index contributed by atoms with van der Waals surface area (Å²) in [6.07, 6.45) is 12.7. The molecule has 0 saturated heterocycles. The van der Waals surface area contributed by atoms with Crippen molar-refractivity contribution in [1.29, 1.82) is 0 Å². The van der Waals surface area contributed by atoms with Gasteiger partial charge in [0, 0.05) is 6.04 Å². The summed E-state index contributed by atoms with van der Waals surface area (Å²) in [6, 6.07) is 0.757. The molecule has 126 valence electrons. The van der Waals surface area contributed by atoms with E-state index < -0.39 is 0 Å². The number of nitrogens with one attached hydrogen (secondary N) is 1. The average Bonchev–Trinajstić information content (AvgIpc) is 2.47. The van der Waals surface area contributed by atoms with Crippen LogP contribution in [0.1, 0.15) is 92.4 Å². The maximum Gasteiger partial charge on any atom is 0.00949 e. The van der Waals surface area contributed by atoms with E-state index in [1.165, 1.54) is 57.8 Å². The molecular weight excluding hydrogens is 254 g/mol. The highest BCUT2D eigenvalue weighted by Crippen LogP contribution is 2.41. The second-order valence-electron chi connectivity index (χ2n) is 8.53. The molecule has 1 saturated carbocycles. The lowest BCUT2D eigenvalue weighted by Crippen LogP contribution is -2.39. The molecule has 1 nitrogen and oxygen atoms in total. The Hall–Kier alpha value is -0.0400. The molecule has 1 N–H and O–H groups in total. The number of hydrogen-bond donors (Lipinski definition) is 1. The number of rotatable bonds is 8. The van der Waals surface area contributed by atoms with Gasteiger partial charge in [-0.2, -0.15) is 0 Å². The molecule has 0 heterocycles. The molecule has 0 aromatic heterocycles. The van der Waals surface area contributed by atoms with Crippen LogP contribution in [0.5, 0.6) is 0 Å². The van der Waals surface area contributed by atoms with E-state index in [0.717, 1.165) is 23.8 Å². The maximum atomic E-state index is 3.67. The van der Waals surface area contributed by atoms with E-state index in [2.05, 4.69) is 47.0 Å². The van der Waals surface area contributed by atoms with Gasteiger partial charge in [-0.25, -0.2) is 0 Å². The highest BCUT2D eigenvalue weighted by molar-refractivity contribution is 4.86. The summed E-state index contributed by atoms with van der Waals surface area (Å²) in [4.78, 5) is 0. The van der Waals surface area contributed by atoms with Crippen LogP contribution in [-0.2, 0) is 0 Å². The molecule has 0 radical (unpaired) electrons. The predicted molar refractivity (Wildman–Crippen MR) is 95.7 cm³/mol. The van der Waals surface area contributed by atoms with Gasteiger partial charge in [0.15, 0.2) is 0 Å². The third-order valence-corrected chi connectivity index (χ3v) is 6.07. The van der Waals surface area contributed by atoms with E-state index in [9.17, 15) is 0 Å². The summed E-state index contributed by atoms with van der Waals surface area (Å²) in [7, 11) is 2.19. The zero-order chi connectivity index (χ0) is 15.9. The van der Waals surface area contributed by atoms with Crippen LogP contribution >= 0.6 is 0 Å². The van der Waals surface area contributed by atoms with Crippen molar-refractivity contribution in [3.05, 3.63) is 0 Å². The average molecular weight is 296 g/mol. The first kappa shape index (κ1) is 19.0. The first-order valence-corrected chi connectivity index (χ1v) is 9.59. The summed E-state index contributed by atoms with van der Waals surface area (Å²) in [5.74, 6) is 2.79. The lowest BCUT2D eigenvalue weighted by Gasteiger charge is -2.40. The van der Waals surface area contributed by atoms with Crippen molar-refractivity contribution in [2.24, 2.45) is 23.2 Å². The smallest absolute Gasteiger partial charge is 0.00949 e. The summed E-state index contributed by atoms with van der Waals surface area (Å²) in [5.41, 5.74) is 0.507. The molecule has 1 fully saturated rings. The number of unbranched alkanes of at least 4 members (excludes halogenated alkanes) is 1. The topological polar surface area (TPSA) is 12.0 Å². The highest BCUT2D eigenvalue weighted by Gasteiger charge is 2.32. The fourth-order valence-electron chi connectivity index (χ4n) is 4.27. The Morgan fingerprint density at radius 2 is 1.67 bits per heavy atom. The normalized spacial score (nSPS) is 26.6. The Morgan fingerprint density at radius 1 is 1.05 bits per heavy atom. The second-order valence-corrected chi connectivity index (χ2v) is 8.53. The van der Waals surface area contributed by atoms with Gasteiger partial charge in [-0.15, -0.1) is 0 Å². The minimum Gasteiger partial charge on any atom is -0.317 e. The van der Waals surface area contributed by atoms with Crippen molar-refractivity contribution in [2.45, 2.75) is 98.4 Å². The molecule has 1 aliphatic rings. The zero-order valence-electron chi connectivity index (χ0n) is 15.7. The van der Waals surface area contributed by atoms with Crippen molar-refractivity contribution < 1.29 is 0 Å². The molecule has 1 rings (SSSR count). The second kappa shape index (κ2) is 9.18. The van der Waals surface area contributed by atoms with Crippen LogP contribution < -0.4 is 5.32 Å². The molecule has 1 aliphatic carbocycles. The van der Waals surface area contributed by atoms with Gasteiger partial charge in [-0.3, -0.25) is 0 Å². The van der Waals surface area contributed by atoms with Crippen LogP contribution in [0.3, 0.4) is 0 Å². The monoisotopic (exact) mass is 295 g/mol. The zero-order valence-corrected chi connectivity index (χ0v) is 15.7. The molecule has 21 heavy (non-hydrogen) atoms. The summed E-state index contributed by atoms with van der Waals surface area (Å²) < 4.78 is 0. The fourth-order valence-corrected chi connectivity index (χ4v) is 4.27. The summed E-state index contributed by atoms with van der Waals surface area (Å²) >= 11 is 0. The molecule has 0 aromatic carbocycles. The largest absolute Gasteiger partial charge is 0.317 e. The van der Waals surface area contributed by atoms with Gasteiger partial charge in [0.1, 0.15) is 0 Å².